The van der Waals surface area contributed by atoms with Crippen LogP contribution in [-0.4, -0.2) is 17.1 Å². The van der Waals surface area contributed by atoms with Gasteiger partial charge >= 0.3 is 0 Å². The van der Waals surface area contributed by atoms with Crippen LogP contribution in [0.2, 0.25) is 0 Å². The topological polar surface area (TPSA) is 37.9 Å². The van der Waals surface area contributed by atoms with Crippen molar-refractivity contribution in [3.8, 4) is 0 Å². The number of nitrogens with one attached hydrogen (secondary N) is 1. The summed E-state index contributed by atoms with van der Waals surface area (Å²) >= 11 is 5.15. The van der Waals surface area contributed by atoms with Crippen LogP contribution < -0.4 is 0 Å². The first kappa shape index (κ1) is 9.89. The molecule has 1 unspecified atom stereocenters. The average Bonchev–Trinajstić information content (AvgIpc) is 2.80. The highest BCUT2D eigenvalue weighted by atomic mass is 79.9. The molecule has 74 valence electrons. The lowest BCUT2D eigenvalue weighted by molar-refractivity contribution is 0.135. The zero-order valence-electron chi connectivity index (χ0n) is 7.53. The molecule has 0 fully saturated rings. The van der Waals surface area contributed by atoms with Crippen molar-refractivity contribution in [2.24, 2.45) is 0 Å². The second kappa shape index (κ2) is 4.25. The number of H-pyrrole nitrogens is 1. The van der Waals surface area contributed by atoms with E-state index >= 15 is 0 Å². The maximum absolute atomic E-state index is 5.43. The van der Waals surface area contributed by atoms with E-state index in [1.54, 1.807) is 31.0 Å². The largest absolute Gasteiger partial charge is 0.370 e. The lowest BCUT2D eigenvalue weighted by Crippen LogP contribution is -2.02. The summed E-state index contributed by atoms with van der Waals surface area (Å²) in [5, 5.41) is 2.03. The molecule has 14 heavy (non-hydrogen) atoms. The molecule has 2 rings (SSSR count). The van der Waals surface area contributed by atoms with Gasteiger partial charge in [0.1, 0.15) is 6.10 Å². The second-order valence-corrected chi connectivity index (χ2v) is 4.56. The van der Waals surface area contributed by atoms with Gasteiger partial charge in [0.2, 0.25) is 0 Å². The van der Waals surface area contributed by atoms with Crippen LogP contribution in [0, 0.1) is 0 Å². The zero-order valence-corrected chi connectivity index (χ0v) is 9.93. The molecular formula is C9H9BrN2OS. The minimum Gasteiger partial charge on any atom is -0.370 e. The van der Waals surface area contributed by atoms with E-state index in [2.05, 4.69) is 25.9 Å². The van der Waals surface area contributed by atoms with E-state index < -0.39 is 0 Å². The summed E-state index contributed by atoms with van der Waals surface area (Å²) < 4.78 is 6.50. The fourth-order valence-corrected chi connectivity index (χ4v) is 2.95. The molecule has 5 heteroatoms. The molecule has 0 saturated heterocycles. The molecule has 3 nitrogen and oxygen atoms in total. The Kier molecular flexibility index (Phi) is 3.00. The number of ether oxygens (including phenoxy) is 1. The van der Waals surface area contributed by atoms with E-state index in [1.807, 2.05) is 11.4 Å². The average molecular weight is 273 g/mol. The minimum absolute atomic E-state index is 0.0631. The SMILES string of the molecule is COC(c1cnc[nH]1)c1sccc1Br. The maximum atomic E-state index is 5.43. The molecule has 0 aromatic carbocycles. The van der Waals surface area contributed by atoms with Gasteiger partial charge < -0.3 is 9.72 Å². The van der Waals surface area contributed by atoms with Gasteiger partial charge in [-0.05, 0) is 27.4 Å². The Morgan fingerprint density at radius 3 is 3.00 bits per heavy atom. The molecule has 1 N–H and O–H groups in total. The third-order valence-electron chi connectivity index (χ3n) is 1.92. The summed E-state index contributed by atoms with van der Waals surface area (Å²) in [5.41, 5.74) is 0.968. The summed E-state index contributed by atoms with van der Waals surface area (Å²) in [6.07, 6.45) is 3.37. The van der Waals surface area contributed by atoms with Gasteiger partial charge in [-0.25, -0.2) is 4.98 Å². The monoisotopic (exact) mass is 272 g/mol. The first-order chi connectivity index (χ1) is 6.83. The fraction of sp³-hybridized carbons (Fsp3) is 0.222. The third-order valence-corrected chi connectivity index (χ3v) is 3.83. The number of hydrogen-bond donors (Lipinski definition) is 1. The van der Waals surface area contributed by atoms with E-state index in [4.69, 9.17) is 4.74 Å². The van der Waals surface area contributed by atoms with Gasteiger partial charge in [0.25, 0.3) is 0 Å². The number of thiophene rings is 1. The van der Waals surface area contributed by atoms with Gasteiger partial charge in [-0.1, -0.05) is 0 Å². The summed E-state index contributed by atoms with van der Waals surface area (Å²) in [5.74, 6) is 0. The molecule has 0 aliphatic rings. The standard InChI is InChI=1S/C9H9BrN2OS/c1-13-8(7-4-11-5-12-7)9-6(10)2-3-14-9/h2-5,8H,1H3,(H,11,12). The van der Waals surface area contributed by atoms with Crippen LogP contribution in [-0.2, 0) is 4.74 Å². The number of halogens is 1. The number of rotatable bonds is 3. The first-order valence-corrected chi connectivity index (χ1v) is 5.74. The number of imidazole rings is 1. The van der Waals surface area contributed by atoms with Crippen LogP contribution in [0.4, 0.5) is 0 Å². The number of hydrogen-bond acceptors (Lipinski definition) is 3. The van der Waals surface area contributed by atoms with Gasteiger partial charge in [0, 0.05) is 11.6 Å². The van der Waals surface area contributed by atoms with Gasteiger partial charge in [-0.2, -0.15) is 0 Å². The van der Waals surface area contributed by atoms with Crippen LogP contribution in [0.1, 0.15) is 16.7 Å². The van der Waals surface area contributed by atoms with Crippen LogP contribution in [0.25, 0.3) is 0 Å². The number of nitrogens with zero attached hydrogens (tertiary/aromatic N) is 1. The quantitative estimate of drug-likeness (QED) is 0.933. The Bertz CT molecular complexity index is 399. The molecule has 0 bridgehead atoms. The number of aromatic amines is 1. The summed E-state index contributed by atoms with van der Waals surface area (Å²) in [6.45, 7) is 0. The van der Waals surface area contributed by atoms with Crippen molar-refractivity contribution >= 4 is 27.3 Å². The van der Waals surface area contributed by atoms with E-state index in [1.165, 1.54) is 0 Å². The molecule has 0 radical (unpaired) electrons. The summed E-state index contributed by atoms with van der Waals surface area (Å²) in [6, 6.07) is 2.02. The van der Waals surface area contributed by atoms with Crippen molar-refractivity contribution in [1.29, 1.82) is 0 Å². The molecule has 0 spiro atoms. The molecule has 0 saturated carbocycles. The van der Waals surface area contributed by atoms with Crippen molar-refractivity contribution in [3.63, 3.8) is 0 Å². The lowest BCUT2D eigenvalue weighted by atomic mass is 10.2. The van der Waals surface area contributed by atoms with Crippen molar-refractivity contribution in [2.75, 3.05) is 7.11 Å². The van der Waals surface area contributed by atoms with Gasteiger partial charge in [0.15, 0.2) is 0 Å². The predicted octanol–water partition coefficient (Wildman–Crippen LogP) is 2.97. The molecule has 0 amide bonds. The number of methoxy groups -OCH3 is 1. The van der Waals surface area contributed by atoms with Crippen molar-refractivity contribution < 1.29 is 4.74 Å². The highest BCUT2D eigenvalue weighted by Crippen LogP contribution is 2.34. The van der Waals surface area contributed by atoms with Gasteiger partial charge in [0.05, 0.1) is 23.1 Å². The van der Waals surface area contributed by atoms with Gasteiger partial charge in [-0.3, -0.25) is 0 Å². The molecule has 0 aliphatic heterocycles. The molecule has 1 atom stereocenters. The second-order valence-electron chi connectivity index (χ2n) is 2.76. The molecule has 2 heterocycles. The highest BCUT2D eigenvalue weighted by Gasteiger charge is 2.18. The molecule has 0 aliphatic carbocycles. The van der Waals surface area contributed by atoms with Crippen LogP contribution in [0.5, 0.6) is 0 Å². The maximum Gasteiger partial charge on any atom is 0.134 e. The highest BCUT2D eigenvalue weighted by molar-refractivity contribution is 9.10. The van der Waals surface area contributed by atoms with E-state index in [0.29, 0.717) is 0 Å². The number of aromatic nitrogens is 2. The lowest BCUT2D eigenvalue weighted by Gasteiger charge is -2.11. The smallest absolute Gasteiger partial charge is 0.134 e. The van der Waals surface area contributed by atoms with Crippen molar-refractivity contribution in [1.82, 2.24) is 9.97 Å². The van der Waals surface area contributed by atoms with Crippen LogP contribution in [0.3, 0.4) is 0 Å². The van der Waals surface area contributed by atoms with Gasteiger partial charge in [-0.15, -0.1) is 11.3 Å². The Labute approximate surface area is 94.3 Å². The summed E-state index contributed by atoms with van der Waals surface area (Å²) in [7, 11) is 1.69. The zero-order chi connectivity index (χ0) is 9.97. The third kappa shape index (κ3) is 1.75. The Balaban J connectivity index is 2.36. The van der Waals surface area contributed by atoms with Crippen molar-refractivity contribution in [3.05, 3.63) is 39.0 Å². The Morgan fingerprint density at radius 2 is 2.50 bits per heavy atom. The summed E-state index contributed by atoms with van der Waals surface area (Å²) in [4.78, 5) is 8.19. The Morgan fingerprint density at radius 1 is 1.64 bits per heavy atom. The van der Waals surface area contributed by atoms with Crippen LogP contribution >= 0.6 is 27.3 Å². The Hall–Kier alpha value is -0.650. The fourth-order valence-electron chi connectivity index (χ4n) is 1.28. The molecular weight excluding hydrogens is 264 g/mol. The normalized spacial score (nSPS) is 13.0. The van der Waals surface area contributed by atoms with E-state index in [0.717, 1.165) is 15.0 Å². The predicted molar refractivity (Wildman–Crippen MR) is 59.5 cm³/mol. The van der Waals surface area contributed by atoms with Crippen molar-refractivity contribution in [2.45, 2.75) is 6.10 Å². The molecule has 2 aromatic rings. The first-order valence-electron chi connectivity index (χ1n) is 4.07. The van der Waals surface area contributed by atoms with E-state index in [-0.39, 0.29) is 6.10 Å². The van der Waals surface area contributed by atoms with Crippen LogP contribution in [0.15, 0.2) is 28.4 Å². The van der Waals surface area contributed by atoms with E-state index in [9.17, 15) is 0 Å². The molecule has 2 aromatic heterocycles. The minimum atomic E-state index is -0.0631.